The molecule has 0 aromatic heterocycles. The number of hydrogen-bond acceptors (Lipinski definition) is 2. The number of benzene rings is 1. The molecule has 1 rings (SSSR count). The quantitative estimate of drug-likeness (QED) is 0.458. The van der Waals surface area contributed by atoms with Gasteiger partial charge in [-0.05, 0) is 13.0 Å². The van der Waals surface area contributed by atoms with E-state index in [2.05, 4.69) is 15.9 Å². The fraction of sp³-hybridized carbons (Fsp3) is 0.250. The van der Waals surface area contributed by atoms with Crippen molar-refractivity contribution >= 4 is 21.6 Å². The monoisotopic (exact) mass is 247 g/mol. The molecule has 0 spiro atoms. The first-order chi connectivity index (χ1) is 6.02. The maximum atomic E-state index is 13.0. The van der Waals surface area contributed by atoms with Crippen LogP contribution >= 0.6 is 15.9 Å². The van der Waals surface area contributed by atoms with Gasteiger partial charge in [-0.2, -0.15) is 0 Å². The van der Waals surface area contributed by atoms with Crippen LogP contribution in [0.4, 0.5) is 10.1 Å². The Morgan fingerprint density at radius 3 is 2.69 bits per heavy atom. The predicted octanol–water partition coefficient (Wildman–Crippen LogP) is 3.19. The lowest BCUT2D eigenvalue weighted by atomic mass is 10.1. The summed E-state index contributed by atoms with van der Waals surface area (Å²) in [5, 5.41) is 10.4. The molecule has 0 bridgehead atoms. The van der Waals surface area contributed by atoms with E-state index in [4.69, 9.17) is 0 Å². The fourth-order valence-electron chi connectivity index (χ4n) is 0.950. The largest absolute Gasteiger partial charge is 0.269 e. The van der Waals surface area contributed by atoms with Crippen LogP contribution in [0.1, 0.15) is 17.3 Å². The number of nitrogens with zero attached hydrogens (tertiary/aromatic N) is 1. The third-order valence-corrected chi connectivity index (χ3v) is 2.11. The average Bonchev–Trinajstić information content (AvgIpc) is 2.04. The molecule has 0 aliphatic rings. The van der Waals surface area contributed by atoms with Crippen LogP contribution in [0.25, 0.3) is 0 Å². The molecule has 0 fully saturated rings. The average molecular weight is 248 g/mol. The molecule has 1 atom stereocenters. The van der Waals surface area contributed by atoms with Crippen LogP contribution < -0.4 is 0 Å². The zero-order chi connectivity index (χ0) is 10.0. The highest BCUT2D eigenvalue weighted by Gasteiger charge is 2.13. The summed E-state index contributed by atoms with van der Waals surface area (Å²) < 4.78 is 13.0. The number of halogens is 2. The second-order valence-electron chi connectivity index (χ2n) is 2.58. The van der Waals surface area contributed by atoms with Crippen molar-refractivity contribution < 1.29 is 9.31 Å². The van der Waals surface area contributed by atoms with Gasteiger partial charge in [-0.25, -0.2) is 4.39 Å². The number of nitro groups is 1. The van der Waals surface area contributed by atoms with Gasteiger partial charge in [0, 0.05) is 22.5 Å². The lowest BCUT2D eigenvalue weighted by molar-refractivity contribution is -0.385. The van der Waals surface area contributed by atoms with E-state index >= 15 is 0 Å². The lowest BCUT2D eigenvalue weighted by Crippen LogP contribution is -1.94. The topological polar surface area (TPSA) is 43.1 Å². The van der Waals surface area contributed by atoms with Crippen molar-refractivity contribution in [1.29, 1.82) is 0 Å². The van der Waals surface area contributed by atoms with Gasteiger partial charge in [-0.15, -0.1) is 0 Å². The van der Waals surface area contributed by atoms with E-state index in [-0.39, 0.29) is 10.5 Å². The molecule has 0 N–H and O–H groups in total. The van der Waals surface area contributed by atoms with Crippen molar-refractivity contribution in [2.45, 2.75) is 11.8 Å². The van der Waals surface area contributed by atoms with Crippen molar-refractivity contribution in [2.24, 2.45) is 0 Å². The molecule has 0 aliphatic carbocycles. The van der Waals surface area contributed by atoms with E-state index in [0.717, 1.165) is 12.1 Å². The van der Waals surface area contributed by atoms with Crippen LogP contribution in [-0.4, -0.2) is 4.92 Å². The van der Waals surface area contributed by atoms with Gasteiger partial charge in [0.1, 0.15) is 5.82 Å². The summed E-state index contributed by atoms with van der Waals surface area (Å²) in [5.41, 5.74) is 0.205. The van der Waals surface area contributed by atoms with Crippen molar-refractivity contribution in [2.75, 3.05) is 0 Å². The molecule has 3 nitrogen and oxygen atoms in total. The molecule has 70 valence electrons. The van der Waals surface area contributed by atoms with Crippen LogP contribution in [0.15, 0.2) is 18.2 Å². The molecule has 0 saturated carbocycles. The van der Waals surface area contributed by atoms with Crippen molar-refractivity contribution in [3.8, 4) is 0 Å². The second-order valence-corrected chi connectivity index (χ2v) is 3.95. The van der Waals surface area contributed by atoms with E-state index in [0.29, 0.717) is 5.56 Å². The summed E-state index contributed by atoms with van der Waals surface area (Å²) in [6.07, 6.45) is 0. The zero-order valence-corrected chi connectivity index (χ0v) is 8.42. The Bertz CT molecular complexity index is 341. The van der Waals surface area contributed by atoms with E-state index in [1.165, 1.54) is 6.07 Å². The summed E-state index contributed by atoms with van der Waals surface area (Å²) in [4.78, 5) is 9.58. The Labute approximate surface area is 82.8 Å². The minimum Gasteiger partial charge on any atom is -0.258 e. The molecule has 1 aromatic rings. The van der Waals surface area contributed by atoms with E-state index in [9.17, 15) is 14.5 Å². The summed E-state index contributed by atoms with van der Waals surface area (Å²) >= 11 is 3.15. The first-order valence-electron chi connectivity index (χ1n) is 3.60. The van der Waals surface area contributed by atoms with Gasteiger partial charge in [0.05, 0.1) is 4.92 Å². The van der Waals surface area contributed by atoms with E-state index in [1.807, 2.05) is 0 Å². The van der Waals surface area contributed by atoms with Crippen molar-refractivity contribution in [1.82, 2.24) is 0 Å². The number of alkyl halides is 1. The van der Waals surface area contributed by atoms with Crippen molar-refractivity contribution in [3.05, 3.63) is 39.7 Å². The fourth-order valence-corrected chi connectivity index (χ4v) is 1.30. The molecule has 0 saturated heterocycles. The SMILES string of the molecule is CC(Br)c1cc([N+](=O)[O-])ccc1F. The second kappa shape index (κ2) is 3.83. The summed E-state index contributed by atoms with van der Waals surface area (Å²) in [5.74, 6) is -0.435. The molecule has 13 heavy (non-hydrogen) atoms. The minimum atomic E-state index is -0.543. The highest BCUT2D eigenvalue weighted by molar-refractivity contribution is 9.09. The lowest BCUT2D eigenvalue weighted by Gasteiger charge is -2.04. The molecule has 1 aromatic carbocycles. The van der Waals surface area contributed by atoms with Crippen LogP contribution in [0.5, 0.6) is 0 Å². The molecule has 0 amide bonds. The molecule has 0 heterocycles. The number of nitro benzene ring substituents is 1. The van der Waals surface area contributed by atoms with Crippen LogP contribution in [0.2, 0.25) is 0 Å². The smallest absolute Gasteiger partial charge is 0.258 e. The van der Waals surface area contributed by atoms with Crippen molar-refractivity contribution in [3.63, 3.8) is 0 Å². The summed E-state index contributed by atoms with van der Waals surface area (Å²) in [7, 11) is 0. The summed E-state index contributed by atoms with van der Waals surface area (Å²) in [6.45, 7) is 1.71. The van der Waals surface area contributed by atoms with Gasteiger partial charge in [0.25, 0.3) is 5.69 Å². The predicted molar refractivity (Wildman–Crippen MR) is 50.4 cm³/mol. The molecule has 0 radical (unpaired) electrons. The van der Waals surface area contributed by atoms with E-state index in [1.54, 1.807) is 6.92 Å². The van der Waals surface area contributed by atoms with E-state index < -0.39 is 10.7 Å². The van der Waals surface area contributed by atoms with Gasteiger partial charge in [0.15, 0.2) is 0 Å². The maximum absolute atomic E-state index is 13.0. The third-order valence-electron chi connectivity index (χ3n) is 1.62. The zero-order valence-electron chi connectivity index (χ0n) is 6.83. The molecule has 5 heteroatoms. The van der Waals surface area contributed by atoms with Crippen LogP contribution in [0.3, 0.4) is 0 Å². The first kappa shape index (κ1) is 10.1. The molecular weight excluding hydrogens is 241 g/mol. The normalized spacial score (nSPS) is 12.5. The number of non-ortho nitro benzene ring substituents is 1. The van der Waals surface area contributed by atoms with Crippen LogP contribution in [-0.2, 0) is 0 Å². The molecule has 1 unspecified atom stereocenters. The Hall–Kier alpha value is -0.970. The molecule has 0 aliphatic heterocycles. The first-order valence-corrected chi connectivity index (χ1v) is 4.52. The standard InChI is InChI=1S/C8H7BrFNO2/c1-5(9)7-4-6(11(12)13)2-3-8(7)10/h2-5H,1H3. The minimum absolute atomic E-state index is 0.0947. The van der Waals surface area contributed by atoms with Gasteiger partial charge < -0.3 is 0 Å². The highest BCUT2D eigenvalue weighted by atomic mass is 79.9. The Kier molecular flexibility index (Phi) is 2.98. The van der Waals surface area contributed by atoms with Gasteiger partial charge in [-0.1, -0.05) is 15.9 Å². The Morgan fingerprint density at radius 1 is 1.62 bits per heavy atom. The van der Waals surface area contributed by atoms with Gasteiger partial charge >= 0.3 is 0 Å². The van der Waals surface area contributed by atoms with Crippen LogP contribution in [0, 0.1) is 15.9 Å². The Balaban J connectivity index is 3.19. The Morgan fingerprint density at radius 2 is 2.23 bits per heavy atom. The third kappa shape index (κ3) is 2.24. The van der Waals surface area contributed by atoms with Gasteiger partial charge in [-0.3, -0.25) is 10.1 Å². The maximum Gasteiger partial charge on any atom is 0.269 e. The van der Waals surface area contributed by atoms with Gasteiger partial charge in [0.2, 0.25) is 0 Å². The highest BCUT2D eigenvalue weighted by Crippen LogP contribution is 2.27. The summed E-state index contributed by atoms with van der Waals surface area (Å²) in [6, 6.07) is 3.48. The molecular formula is C8H7BrFNO2. The number of hydrogen-bond donors (Lipinski definition) is 0. The number of rotatable bonds is 2.